The van der Waals surface area contributed by atoms with Crippen LogP contribution in [0.1, 0.15) is 0 Å². The van der Waals surface area contributed by atoms with Crippen molar-refractivity contribution in [2.75, 3.05) is 12.4 Å². The van der Waals surface area contributed by atoms with Crippen LogP contribution in [0.5, 0.6) is 0 Å². The quantitative estimate of drug-likeness (QED) is 0.734. The third-order valence-electron chi connectivity index (χ3n) is 2.83. The number of aromatic nitrogens is 2. The lowest BCUT2D eigenvalue weighted by molar-refractivity contribution is 1.31. The third kappa shape index (κ3) is 2.57. The number of aromatic amines is 1. The van der Waals surface area contributed by atoms with Crippen LogP contribution in [-0.2, 0) is 0 Å². The monoisotopic (exact) mass is 333 g/mol. The maximum atomic E-state index is 4.46. The predicted octanol–water partition coefficient (Wildman–Crippen LogP) is 4.61. The van der Waals surface area contributed by atoms with Crippen LogP contribution in [0.4, 0.5) is 5.69 Å². The molecule has 0 spiro atoms. The number of nitrogens with one attached hydrogen (secondary N) is 2. The van der Waals surface area contributed by atoms with E-state index in [9.17, 15) is 0 Å². The summed E-state index contributed by atoms with van der Waals surface area (Å²) in [4.78, 5) is 8.99. The zero-order chi connectivity index (χ0) is 13.2. The first-order valence-electron chi connectivity index (χ1n) is 5.84. The van der Waals surface area contributed by atoms with E-state index in [4.69, 9.17) is 0 Å². The molecule has 0 saturated carbocycles. The second-order valence-corrected chi connectivity index (χ2v) is 5.93. The van der Waals surface area contributed by atoms with Gasteiger partial charge in [0.15, 0.2) is 0 Å². The lowest BCUT2D eigenvalue weighted by Gasteiger charge is -2.02. The highest BCUT2D eigenvalue weighted by Gasteiger charge is 2.07. The van der Waals surface area contributed by atoms with Crippen molar-refractivity contribution in [1.29, 1.82) is 0 Å². The molecule has 2 N–H and O–H groups in total. The minimum Gasteiger partial charge on any atom is -0.388 e. The van der Waals surface area contributed by atoms with Crippen molar-refractivity contribution in [1.82, 2.24) is 9.97 Å². The molecule has 0 atom stereocenters. The topological polar surface area (TPSA) is 40.7 Å². The molecule has 3 nitrogen and oxygen atoms in total. The van der Waals surface area contributed by atoms with Gasteiger partial charge in [0.1, 0.15) is 5.82 Å². The molecule has 2 heterocycles. The second-order valence-electron chi connectivity index (χ2n) is 4.11. The number of H-pyrrole nitrogens is 1. The standard InChI is InChI=1S/C14H12BrN3S/c1-16-11-4-2-3-9(5-11)14-17-7-12(18-14)13-6-10(15)8-19-13/h2-8,16H,1H3,(H,17,18). The van der Waals surface area contributed by atoms with E-state index < -0.39 is 0 Å². The zero-order valence-corrected chi connectivity index (χ0v) is 12.7. The van der Waals surface area contributed by atoms with Crippen LogP contribution >= 0.6 is 27.3 Å². The van der Waals surface area contributed by atoms with Gasteiger partial charge in [-0.25, -0.2) is 4.98 Å². The molecule has 3 aromatic rings. The van der Waals surface area contributed by atoms with E-state index in [0.717, 1.165) is 27.2 Å². The van der Waals surface area contributed by atoms with Crippen molar-refractivity contribution in [2.45, 2.75) is 0 Å². The van der Waals surface area contributed by atoms with Crippen LogP contribution in [0.3, 0.4) is 0 Å². The number of hydrogen-bond acceptors (Lipinski definition) is 3. The van der Waals surface area contributed by atoms with E-state index in [1.54, 1.807) is 11.3 Å². The molecule has 1 aromatic carbocycles. The van der Waals surface area contributed by atoms with Gasteiger partial charge in [-0.2, -0.15) is 0 Å². The lowest BCUT2D eigenvalue weighted by atomic mass is 10.2. The minimum atomic E-state index is 0.886. The molecule has 96 valence electrons. The highest BCUT2D eigenvalue weighted by Crippen LogP contribution is 2.30. The summed E-state index contributed by atoms with van der Waals surface area (Å²) in [5, 5.41) is 5.20. The Morgan fingerprint density at radius 1 is 1.32 bits per heavy atom. The highest BCUT2D eigenvalue weighted by molar-refractivity contribution is 9.10. The predicted molar refractivity (Wildman–Crippen MR) is 84.6 cm³/mol. The fourth-order valence-electron chi connectivity index (χ4n) is 1.87. The maximum absolute atomic E-state index is 4.46. The molecular formula is C14H12BrN3S. The highest BCUT2D eigenvalue weighted by atomic mass is 79.9. The molecule has 3 rings (SSSR count). The summed E-state index contributed by atoms with van der Waals surface area (Å²) in [5.41, 5.74) is 3.20. The summed E-state index contributed by atoms with van der Waals surface area (Å²) in [6.07, 6.45) is 1.87. The SMILES string of the molecule is CNc1cccc(-c2ncc(-c3cc(Br)cs3)[nH]2)c1. The molecule has 0 fully saturated rings. The molecule has 0 radical (unpaired) electrons. The van der Waals surface area contributed by atoms with Crippen LogP contribution < -0.4 is 5.32 Å². The van der Waals surface area contributed by atoms with Crippen molar-refractivity contribution in [3.05, 3.63) is 46.4 Å². The summed E-state index contributed by atoms with van der Waals surface area (Å²) < 4.78 is 1.10. The van der Waals surface area contributed by atoms with Gasteiger partial charge in [0.2, 0.25) is 0 Å². The van der Waals surface area contributed by atoms with Gasteiger partial charge in [-0.3, -0.25) is 0 Å². The van der Waals surface area contributed by atoms with E-state index >= 15 is 0 Å². The van der Waals surface area contributed by atoms with E-state index in [1.165, 1.54) is 4.88 Å². The summed E-state index contributed by atoms with van der Waals surface area (Å²) >= 11 is 5.16. The molecule has 0 bridgehead atoms. The van der Waals surface area contributed by atoms with E-state index in [0.29, 0.717) is 0 Å². The number of imidazole rings is 1. The number of benzene rings is 1. The van der Waals surface area contributed by atoms with Crippen LogP contribution in [-0.4, -0.2) is 17.0 Å². The molecule has 0 aliphatic rings. The Morgan fingerprint density at radius 2 is 2.21 bits per heavy atom. The minimum absolute atomic E-state index is 0.886. The first-order valence-corrected chi connectivity index (χ1v) is 7.51. The molecule has 0 unspecified atom stereocenters. The molecule has 0 aliphatic carbocycles. The van der Waals surface area contributed by atoms with E-state index in [-0.39, 0.29) is 0 Å². The number of hydrogen-bond donors (Lipinski definition) is 2. The maximum Gasteiger partial charge on any atom is 0.137 e. The Hall–Kier alpha value is -1.59. The Balaban J connectivity index is 1.96. The first kappa shape index (κ1) is 12.4. The van der Waals surface area contributed by atoms with Gasteiger partial charge in [0.05, 0.1) is 16.8 Å². The van der Waals surface area contributed by atoms with Crippen LogP contribution in [0.25, 0.3) is 22.0 Å². The largest absolute Gasteiger partial charge is 0.388 e. The fraction of sp³-hybridized carbons (Fsp3) is 0.0714. The van der Waals surface area contributed by atoms with Crippen molar-refractivity contribution in [3.8, 4) is 22.0 Å². The number of halogens is 1. The van der Waals surface area contributed by atoms with Crippen LogP contribution in [0, 0.1) is 0 Å². The van der Waals surface area contributed by atoms with Gasteiger partial charge in [0, 0.05) is 28.2 Å². The van der Waals surface area contributed by atoms with Crippen LogP contribution in [0.2, 0.25) is 0 Å². The number of rotatable bonds is 3. The Bertz CT molecular complexity index is 702. The van der Waals surface area contributed by atoms with E-state index in [2.05, 4.69) is 48.7 Å². The van der Waals surface area contributed by atoms with Gasteiger partial charge in [-0.05, 0) is 34.1 Å². The van der Waals surface area contributed by atoms with Crippen molar-refractivity contribution >= 4 is 33.0 Å². The van der Waals surface area contributed by atoms with Crippen molar-refractivity contribution < 1.29 is 0 Å². The average Bonchev–Trinajstić information content (AvgIpc) is 3.07. The number of thiophene rings is 1. The normalized spacial score (nSPS) is 10.6. The summed E-state index contributed by atoms with van der Waals surface area (Å²) in [7, 11) is 1.91. The van der Waals surface area contributed by atoms with E-state index in [1.807, 2.05) is 31.4 Å². The molecule has 0 amide bonds. The number of nitrogens with zero attached hydrogens (tertiary/aromatic N) is 1. The van der Waals surface area contributed by atoms with Gasteiger partial charge in [-0.15, -0.1) is 11.3 Å². The van der Waals surface area contributed by atoms with Crippen LogP contribution in [0.15, 0.2) is 46.4 Å². The molecule has 2 aromatic heterocycles. The lowest BCUT2D eigenvalue weighted by Crippen LogP contribution is -1.88. The summed E-state index contributed by atoms with van der Waals surface area (Å²) in [6.45, 7) is 0. The Morgan fingerprint density at radius 3 is 2.95 bits per heavy atom. The number of anilines is 1. The van der Waals surface area contributed by atoms with Crippen molar-refractivity contribution in [2.24, 2.45) is 0 Å². The van der Waals surface area contributed by atoms with Gasteiger partial charge in [0.25, 0.3) is 0 Å². The fourth-order valence-corrected chi connectivity index (χ4v) is 3.26. The van der Waals surface area contributed by atoms with Gasteiger partial charge in [-0.1, -0.05) is 12.1 Å². The first-order chi connectivity index (χ1) is 9.26. The zero-order valence-electron chi connectivity index (χ0n) is 10.3. The Labute approximate surface area is 123 Å². The summed E-state index contributed by atoms with van der Waals surface area (Å²) in [6, 6.07) is 10.3. The molecular weight excluding hydrogens is 322 g/mol. The third-order valence-corrected chi connectivity index (χ3v) is 4.56. The van der Waals surface area contributed by atoms with Gasteiger partial charge < -0.3 is 10.3 Å². The smallest absolute Gasteiger partial charge is 0.137 e. The average molecular weight is 334 g/mol. The molecule has 0 saturated heterocycles. The van der Waals surface area contributed by atoms with Gasteiger partial charge >= 0.3 is 0 Å². The molecule has 19 heavy (non-hydrogen) atoms. The molecule has 0 aliphatic heterocycles. The molecule has 5 heteroatoms. The van der Waals surface area contributed by atoms with Crippen molar-refractivity contribution in [3.63, 3.8) is 0 Å². The second kappa shape index (κ2) is 5.19. The Kier molecular flexibility index (Phi) is 3.40. The summed E-state index contributed by atoms with van der Waals surface area (Å²) in [5.74, 6) is 0.886.